The Morgan fingerprint density at radius 3 is 1.04 bits per heavy atom. The topological polar surface area (TPSA) is 44.2 Å². The second-order valence-corrected chi connectivity index (χ2v) is 21.7. The second-order valence-electron chi connectivity index (χ2n) is 21.7. The molecule has 0 N–H and O–H groups in total. The van der Waals surface area contributed by atoms with Crippen molar-refractivity contribution in [1.29, 1.82) is 0 Å². The molecule has 8 rings (SSSR count). The van der Waals surface area contributed by atoms with Gasteiger partial charge in [-0.15, -0.1) is 0 Å². The number of hydrogen-bond acceptors (Lipinski definition) is 4. The van der Waals surface area contributed by atoms with Gasteiger partial charge in [-0.2, -0.15) is 0 Å². The van der Waals surface area contributed by atoms with Gasteiger partial charge in [-0.3, -0.25) is 9.97 Å². The number of benzene rings is 5. The Hall–Kier alpha value is -5.62. The van der Waals surface area contributed by atoms with Crippen LogP contribution >= 0.6 is 0 Å². The fourth-order valence-corrected chi connectivity index (χ4v) is 9.57. The number of pyridine rings is 2. The van der Waals surface area contributed by atoms with E-state index in [0.29, 0.717) is 23.7 Å². The first-order valence-corrected chi connectivity index (χ1v) is 24.8. The monoisotopic (exact) mass is 887 g/mol. The van der Waals surface area contributed by atoms with Gasteiger partial charge in [-0.05, 0) is 167 Å². The number of hydrogen-bond donors (Lipinski definition) is 0. The summed E-state index contributed by atoms with van der Waals surface area (Å²) in [6.07, 6.45) is 8.43. The molecule has 1 aliphatic heterocycles. The highest BCUT2D eigenvalue weighted by Gasteiger charge is 2.52. The Labute approximate surface area is 402 Å². The van der Waals surface area contributed by atoms with E-state index >= 15 is 0 Å². The molecule has 0 spiro atoms. The van der Waals surface area contributed by atoms with E-state index in [2.05, 4.69) is 223 Å². The van der Waals surface area contributed by atoms with Gasteiger partial charge in [0.2, 0.25) is 0 Å². The van der Waals surface area contributed by atoms with E-state index in [4.69, 9.17) is 19.3 Å². The summed E-state index contributed by atoms with van der Waals surface area (Å²) >= 11 is 0. The molecule has 0 bridgehead atoms. The molecule has 0 radical (unpaired) electrons. The van der Waals surface area contributed by atoms with Gasteiger partial charge in [0.05, 0.1) is 22.6 Å². The normalized spacial score (nSPS) is 14.5. The Bertz CT molecular complexity index is 2630. The van der Waals surface area contributed by atoms with Gasteiger partial charge in [0.15, 0.2) is 0 Å². The first kappa shape index (κ1) is 47.9. The summed E-state index contributed by atoms with van der Waals surface area (Å²) in [6.45, 7) is 26.8. The molecule has 0 unspecified atom stereocenters. The van der Waals surface area contributed by atoms with Crippen LogP contribution in [0.15, 0.2) is 140 Å². The Morgan fingerprint density at radius 2 is 0.701 bits per heavy atom. The van der Waals surface area contributed by atoms with Crippen LogP contribution in [0.25, 0.3) is 67.0 Å². The van der Waals surface area contributed by atoms with Crippen molar-refractivity contribution < 1.29 is 9.31 Å². The van der Waals surface area contributed by atoms with Gasteiger partial charge in [0.1, 0.15) is 0 Å². The maximum atomic E-state index is 6.75. The smallest absolute Gasteiger partial charge is 0.399 e. The van der Waals surface area contributed by atoms with Crippen molar-refractivity contribution in [3.05, 3.63) is 162 Å². The molecule has 67 heavy (non-hydrogen) atoms. The highest BCUT2D eigenvalue weighted by Crippen LogP contribution is 2.41. The van der Waals surface area contributed by atoms with Crippen LogP contribution in [0.5, 0.6) is 0 Å². The number of nitrogens with zero attached hydrogens (tertiary/aromatic N) is 2. The second kappa shape index (κ2) is 19.9. The molecule has 0 aliphatic carbocycles. The average Bonchev–Trinajstić information content (AvgIpc) is 3.52. The molecule has 344 valence electrons. The summed E-state index contributed by atoms with van der Waals surface area (Å²) < 4.78 is 13.5. The molecule has 1 fully saturated rings. The molecule has 0 saturated carbocycles. The Morgan fingerprint density at radius 1 is 0.388 bits per heavy atom. The molecule has 7 aromatic rings. The third-order valence-electron chi connectivity index (χ3n) is 13.6. The fourth-order valence-electron chi connectivity index (χ4n) is 9.57. The zero-order valence-corrected chi connectivity index (χ0v) is 42.2. The molecule has 4 nitrogen and oxygen atoms in total. The molecule has 0 amide bonds. The standard InChI is InChI=1S/C62H71BN2O2/c1-40(2)29-48-36-59(64-38-52(48)31-42(5)6)46-25-21-44(22-26-46)55-17-13-15-19-57(55)50-33-51(35-54(34-50)63-66-61(9,10)62(11,12)67-63)58-20-16-14-18-56(58)45-23-27-47(28-24-45)60-37-49(30-41(3)4)53(39-65-60)32-43(7)8/h13-28,33-43H,29-32H2,1-12H3. The van der Waals surface area contributed by atoms with Crippen molar-refractivity contribution in [3.8, 4) is 67.0 Å². The van der Waals surface area contributed by atoms with E-state index in [1.165, 1.54) is 22.3 Å². The summed E-state index contributed by atoms with van der Waals surface area (Å²) in [5.74, 6) is 2.33. The predicted molar refractivity (Wildman–Crippen MR) is 285 cm³/mol. The van der Waals surface area contributed by atoms with Crippen molar-refractivity contribution in [2.24, 2.45) is 23.7 Å². The molecule has 0 atom stereocenters. The van der Waals surface area contributed by atoms with E-state index < -0.39 is 18.3 Å². The average molecular weight is 887 g/mol. The minimum atomic E-state index is -0.526. The Kier molecular flexibility index (Phi) is 14.2. The SMILES string of the molecule is CC(C)Cc1cnc(-c2ccc(-c3ccccc3-c3cc(B4OC(C)(C)C(C)(C)O4)cc(-c4ccccc4-c4ccc(-c5cc(CC(C)C)c(CC(C)C)cn5)cc4)c3)cc2)cc1CC(C)C. The van der Waals surface area contributed by atoms with Crippen LogP contribution < -0.4 is 5.46 Å². The molecule has 2 aromatic heterocycles. The van der Waals surface area contributed by atoms with Crippen LogP contribution in [0.1, 0.15) is 105 Å². The summed E-state index contributed by atoms with van der Waals surface area (Å²) in [4.78, 5) is 9.97. The van der Waals surface area contributed by atoms with Crippen molar-refractivity contribution in [2.75, 3.05) is 0 Å². The van der Waals surface area contributed by atoms with E-state index in [0.717, 1.165) is 98.2 Å². The molecule has 3 heterocycles. The fraction of sp³-hybridized carbons (Fsp3) is 0.355. The largest absolute Gasteiger partial charge is 0.494 e. The van der Waals surface area contributed by atoms with Crippen molar-refractivity contribution >= 4 is 12.6 Å². The number of aromatic nitrogens is 2. The summed E-state index contributed by atoms with van der Waals surface area (Å²) in [5.41, 5.74) is 19.1. The lowest BCUT2D eigenvalue weighted by atomic mass is 9.75. The van der Waals surface area contributed by atoms with E-state index in [9.17, 15) is 0 Å². The van der Waals surface area contributed by atoms with Crippen LogP contribution in [0, 0.1) is 23.7 Å². The molecule has 1 saturated heterocycles. The summed E-state index contributed by atoms with van der Waals surface area (Å²) in [6, 6.07) is 46.9. The van der Waals surface area contributed by atoms with Crippen molar-refractivity contribution in [1.82, 2.24) is 9.97 Å². The van der Waals surface area contributed by atoms with Gasteiger partial charge in [0.25, 0.3) is 0 Å². The molecular formula is C62H71BN2O2. The first-order valence-electron chi connectivity index (χ1n) is 24.8. The minimum Gasteiger partial charge on any atom is -0.399 e. The lowest BCUT2D eigenvalue weighted by Crippen LogP contribution is -2.41. The van der Waals surface area contributed by atoms with Gasteiger partial charge in [-0.25, -0.2) is 0 Å². The predicted octanol–water partition coefficient (Wildman–Crippen LogP) is 15.6. The maximum Gasteiger partial charge on any atom is 0.494 e. The zero-order valence-electron chi connectivity index (χ0n) is 42.2. The molecule has 1 aliphatic rings. The quantitative estimate of drug-likeness (QED) is 0.0962. The maximum absolute atomic E-state index is 6.75. The van der Waals surface area contributed by atoms with Gasteiger partial charge in [-0.1, -0.05) is 165 Å². The highest BCUT2D eigenvalue weighted by atomic mass is 16.7. The lowest BCUT2D eigenvalue weighted by Gasteiger charge is -2.32. The third-order valence-corrected chi connectivity index (χ3v) is 13.6. The highest BCUT2D eigenvalue weighted by molar-refractivity contribution is 6.62. The Balaban J connectivity index is 1.18. The summed E-state index contributed by atoms with van der Waals surface area (Å²) in [7, 11) is -0.526. The first-order chi connectivity index (χ1) is 31.9. The summed E-state index contributed by atoms with van der Waals surface area (Å²) in [5, 5.41) is 0. The van der Waals surface area contributed by atoms with Crippen LogP contribution in [-0.2, 0) is 35.0 Å². The van der Waals surface area contributed by atoms with Crippen LogP contribution in [-0.4, -0.2) is 28.3 Å². The third kappa shape index (κ3) is 10.9. The zero-order chi connectivity index (χ0) is 47.6. The van der Waals surface area contributed by atoms with E-state index in [-0.39, 0.29) is 0 Å². The molecule has 5 aromatic carbocycles. The van der Waals surface area contributed by atoms with Crippen LogP contribution in [0.3, 0.4) is 0 Å². The van der Waals surface area contributed by atoms with Crippen molar-refractivity contribution in [2.45, 2.75) is 120 Å². The molecular weight excluding hydrogens is 816 g/mol. The van der Waals surface area contributed by atoms with E-state index in [1.54, 1.807) is 0 Å². The van der Waals surface area contributed by atoms with Crippen molar-refractivity contribution in [3.63, 3.8) is 0 Å². The molecule has 5 heteroatoms. The lowest BCUT2D eigenvalue weighted by molar-refractivity contribution is 0.00578. The van der Waals surface area contributed by atoms with Gasteiger partial charge >= 0.3 is 7.12 Å². The van der Waals surface area contributed by atoms with Crippen LogP contribution in [0.4, 0.5) is 0 Å². The minimum absolute atomic E-state index is 0.481. The van der Waals surface area contributed by atoms with Crippen LogP contribution in [0.2, 0.25) is 0 Å². The van der Waals surface area contributed by atoms with Gasteiger partial charge in [0, 0.05) is 23.5 Å². The number of rotatable bonds is 15. The van der Waals surface area contributed by atoms with E-state index in [1.807, 2.05) is 0 Å². The van der Waals surface area contributed by atoms with Gasteiger partial charge < -0.3 is 9.31 Å².